The van der Waals surface area contributed by atoms with Crippen LogP contribution in [0.15, 0.2) is 0 Å². The molecule has 1 rings (SSSR count). The van der Waals surface area contributed by atoms with Gasteiger partial charge in [0.1, 0.15) is 0 Å². The molecule has 1 amide bonds. The minimum atomic E-state index is -0.814. The Kier molecular flexibility index (Phi) is 4.22. The average Bonchev–Trinajstić information content (AvgIpc) is 2.15. The molecule has 2 unspecified atom stereocenters. The number of amides is 1. The normalized spacial score (nSPS) is 32.9. The maximum Gasteiger partial charge on any atom is 0.237 e. The van der Waals surface area contributed by atoms with Gasteiger partial charge in [-0.1, -0.05) is 0 Å². The Hall–Kier alpha value is -0.260. The van der Waals surface area contributed by atoms with E-state index in [1.165, 1.54) is 0 Å². The number of hydrogen-bond acceptors (Lipinski definition) is 4. The molecule has 0 aromatic rings. The molecular formula is C9H18N2O2S. The SMILES string of the molecule is NC(=O)C1(N)CCCC(SCCO)C1. The molecule has 1 aliphatic carbocycles. The van der Waals surface area contributed by atoms with Crippen molar-refractivity contribution in [3.8, 4) is 0 Å². The molecule has 0 spiro atoms. The van der Waals surface area contributed by atoms with Crippen molar-refractivity contribution >= 4 is 17.7 Å². The summed E-state index contributed by atoms with van der Waals surface area (Å²) in [6.45, 7) is 0.176. The highest BCUT2D eigenvalue weighted by molar-refractivity contribution is 7.99. The van der Waals surface area contributed by atoms with Gasteiger partial charge in [0.05, 0.1) is 12.1 Å². The molecular weight excluding hydrogens is 200 g/mol. The number of nitrogens with two attached hydrogens (primary N) is 2. The van der Waals surface area contributed by atoms with Crippen molar-refractivity contribution < 1.29 is 9.90 Å². The first-order chi connectivity index (χ1) is 6.58. The zero-order valence-corrected chi connectivity index (χ0v) is 9.05. The van der Waals surface area contributed by atoms with Gasteiger partial charge in [0.25, 0.3) is 0 Å². The molecule has 1 saturated carbocycles. The number of aliphatic hydroxyl groups is 1. The quantitative estimate of drug-likeness (QED) is 0.611. The van der Waals surface area contributed by atoms with Crippen LogP contribution in [-0.4, -0.2) is 34.2 Å². The zero-order valence-electron chi connectivity index (χ0n) is 8.24. The van der Waals surface area contributed by atoms with E-state index in [9.17, 15) is 4.79 Å². The van der Waals surface area contributed by atoms with Crippen molar-refractivity contribution in [2.24, 2.45) is 11.5 Å². The van der Waals surface area contributed by atoms with Crippen LogP contribution in [0.3, 0.4) is 0 Å². The lowest BCUT2D eigenvalue weighted by atomic mass is 9.82. The van der Waals surface area contributed by atoms with Crippen LogP contribution in [0, 0.1) is 0 Å². The van der Waals surface area contributed by atoms with E-state index in [0.29, 0.717) is 23.8 Å². The fourth-order valence-electron chi connectivity index (χ4n) is 1.84. The van der Waals surface area contributed by atoms with Crippen molar-refractivity contribution in [3.05, 3.63) is 0 Å². The van der Waals surface area contributed by atoms with Crippen LogP contribution in [0.2, 0.25) is 0 Å². The molecule has 5 heteroatoms. The van der Waals surface area contributed by atoms with Gasteiger partial charge in [0.2, 0.25) is 5.91 Å². The Labute approximate surface area is 88.4 Å². The highest BCUT2D eigenvalue weighted by atomic mass is 32.2. The van der Waals surface area contributed by atoms with Crippen molar-refractivity contribution in [1.29, 1.82) is 0 Å². The summed E-state index contributed by atoms with van der Waals surface area (Å²) in [5.74, 6) is 0.311. The number of carbonyl (C=O) groups is 1. The summed E-state index contributed by atoms with van der Waals surface area (Å²) in [5, 5.41) is 9.06. The highest BCUT2D eigenvalue weighted by Gasteiger charge is 2.37. The van der Waals surface area contributed by atoms with E-state index in [2.05, 4.69) is 0 Å². The molecule has 0 heterocycles. The molecule has 0 aliphatic heterocycles. The van der Waals surface area contributed by atoms with Crippen LogP contribution in [0.25, 0.3) is 0 Å². The predicted octanol–water partition coefficient (Wildman–Crippen LogP) is -0.163. The van der Waals surface area contributed by atoms with Crippen LogP contribution in [0.4, 0.5) is 0 Å². The summed E-state index contributed by atoms with van der Waals surface area (Å²) < 4.78 is 0. The number of aliphatic hydroxyl groups excluding tert-OH is 1. The number of carbonyl (C=O) groups excluding carboxylic acids is 1. The molecule has 0 aromatic heterocycles. The zero-order chi connectivity index (χ0) is 10.6. The lowest BCUT2D eigenvalue weighted by Gasteiger charge is -2.35. The van der Waals surface area contributed by atoms with Crippen molar-refractivity contribution in [2.75, 3.05) is 12.4 Å². The fraction of sp³-hybridized carbons (Fsp3) is 0.889. The summed E-state index contributed by atoms with van der Waals surface area (Å²) in [6.07, 6.45) is 3.35. The second-order valence-corrected chi connectivity index (χ2v) is 5.24. The minimum Gasteiger partial charge on any atom is -0.396 e. The summed E-state index contributed by atoms with van der Waals surface area (Å²) in [7, 11) is 0. The van der Waals surface area contributed by atoms with Gasteiger partial charge in [-0.2, -0.15) is 11.8 Å². The van der Waals surface area contributed by atoms with Gasteiger partial charge in [-0.3, -0.25) is 4.79 Å². The van der Waals surface area contributed by atoms with E-state index in [4.69, 9.17) is 16.6 Å². The van der Waals surface area contributed by atoms with Crippen LogP contribution in [0.5, 0.6) is 0 Å². The fourth-order valence-corrected chi connectivity index (χ4v) is 3.03. The summed E-state index contributed by atoms with van der Waals surface area (Å²) in [5.41, 5.74) is 10.4. The average molecular weight is 218 g/mol. The topological polar surface area (TPSA) is 89.3 Å². The van der Waals surface area contributed by atoms with E-state index in [1.807, 2.05) is 0 Å². The molecule has 0 aromatic carbocycles. The van der Waals surface area contributed by atoms with Gasteiger partial charge in [0, 0.05) is 11.0 Å². The van der Waals surface area contributed by atoms with Crippen LogP contribution in [0.1, 0.15) is 25.7 Å². The minimum absolute atomic E-state index is 0.176. The largest absolute Gasteiger partial charge is 0.396 e. The molecule has 82 valence electrons. The third-order valence-corrected chi connectivity index (χ3v) is 3.97. The number of rotatable bonds is 4. The van der Waals surface area contributed by atoms with E-state index in [1.54, 1.807) is 11.8 Å². The van der Waals surface area contributed by atoms with Gasteiger partial charge in [0.15, 0.2) is 0 Å². The van der Waals surface area contributed by atoms with Gasteiger partial charge >= 0.3 is 0 Å². The number of hydrogen-bond donors (Lipinski definition) is 3. The molecule has 14 heavy (non-hydrogen) atoms. The smallest absolute Gasteiger partial charge is 0.237 e. The lowest BCUT2D eigenvalue weighted by molar-refractivity contribution is -0.124. The van der Waals surface area contributed by atoms with E-state index >= 15 is 0 Å². The third-order valence-electron chi connectivity index (χ3n) is 2.68. The van der Waals surface area contributed by atoms with Gasteiger partial charge in [-0.15, -0.1) is 0 Å². The standard InChI is InChI=1S/C9H18N2O2S/c10-8(13)9(11)3-1-2-7(6-9)14-5-4-12/h7,12H,1-6,11H2,(H2,10,13). The highest BCUT2D eigenvalue weighted by Crippen LogP contribution is 2.33. The molecule has 0 saturated heterocycles. The Balaban J connectivity index is 2.46. The Morgan fingerprint density at radius 2 is 2.36 bits per heavy atom. The predicted molar refractivity (Wildman–Crippen MR) is 57.9 cm³/mol. The second kappa shape index (κ2) is 5.00. The molecule has 1 fully saturated rings. The first-order valence-corrected chi connectivity index (χ1v) is 5.94. The van der Waals surface area contributed by atoms with Crippen LogP contribution >= 0.6 is 11.8 Å². The van der Waals surface area contributed by atoms with Crippen molar-refractivity contribution in [1.82, 2.24) is 0 Å². The molecule has 0 radical (unpaired) electrons. The molecule has 4 nitrogen and oxygen atoms in total. The van der Waals surface area contributed by atoms with Gasteiger partial charge < -0.3 is 16.6 Å². The van der Waals surface area contributed by atoms with E-state index in [0.717, 1.165) is 12.8 Å². The monoisotopic (exact) mass is 218 g/mol. The lowest BCUT2D eigenvalue weighted by Crippen LogP contribution is -2.55. The summed E-state index contributed by atoms with van der Waals surface area (Å²) in [4.78, 5) is 11.1. The van der Waals surface area contributed by atoms with E-state index in [-0.39, 0.29) is 6.61 Å². The Morgan fingerprint density at radius 1 is 1.64 bits per heavy atom. The Bertz CT molecular complexity index is 213. The number of thioether (sulfide) groups is 1. The first-order valence-electron chi connectivity index (χ1n) is 4.90. The summed E-state index contributed by atoms with van der Waals surface area (Å²) in [6, 6.07) is 0. The molecule has 0 bridgehead atoms. The Morgan fingerprint density at radius 3 is 2.93 bits per heavy atom. The summed E-state index contributed by atoms with van der Waals surface area (Å²) >= 11 is 1.68. The van der Waals surface area contributed by atoms with Crippen molar-refractivity contribution in [3.63, 3.8) is 0 Å². The molecule has 1 aliphatic rings. The van der Waals surface area contributed by atoms with Crippen LogP contribution < -0.4 is 11.5 Å². The van der Waals surface area contributed by atoms with E-state index < -0.39 is 11.4 Å². The second-order valence-electron chi connectivity index (χ2n) is 3.83. The van der Waals surface area contributed by atoms with Gasteiger partial charge in [-0.25, -0.2) is 0 Å². The first kappa shape index (κ1) is 11.8. The van der Waals surface area contributed by atoms with Crippen LogP contribution in [-0.2, 0) is 4.79 Å². The van der Waals surface area contributed by atoms with Crippen molar-refractivity contribution in [2.45, 2.75) is 36.5 Å². The maximum absolute atomic E-state index is 11.1. The molecule has 5 N–H and O–H groups in total. The third kappa shape index (κ3) is 2.87. The van der Waals surface area contributed by atoms with Gasteiger partial charge in [-0.05, 0) is 25.7 Å². The maximum atomic E-state index is 11.1. The molecule has 2 atom stereocenters. The number of primary amides is 1.